The molecular weight excluding hydrogens is 431 g/mol. The molecule has 1 heterocycles. The minimum Gasteiger partial charge on any atom is -1.00 e. The van der Waals surface area contributed by atoms with Crippen LogP contribution in [0.15, 0.2) is 48.5 Å². The lowest BCUT2D eigenvalue weighted by Gasteiger charge is -2.11. The molecule has 3 nitrogen and oxygen atoms in total. The van der Waals surface area contributed by atoms with Gasteiger partial charge in [0, 0.05) is 17.5 Å². The molecule has 0 aliphatic carbocycles. The van der Waals surface area contributed by atoms with Crippen molar-refractivity contribution in [1.29, 1.82) is 0 Å². The second kappa shape index (κ2) is 8.16. The minimum atomic E-state index is 0. The molecular formula is C19H21IN2OS. The lowest BCUT2D eigenvalue weighted by Crippen LogP contribution is -3.00. The van der Waals surface area contributed by atoms with Gasteiger partial charge in [0.25, 0.3) is 0 Å². The number of para-hydroxylation sites is 1. The molecule has 1 aliphatic heterocycles. The Morgan fingerprint density at radius 3 is 2.46 bits per heavy atom. The number of carbonyl (C=O) groups is 1. The van der Waals surface area contributed by atoms with Crippen LogP contribution in [0.4, 0.5) is 11.4 Å². The summed E-state index contributed by atoms with van der Waals surface area (Å²) in [6.07, 6.45) is 3.14. The molecule has 0 aromatic heterocycles. The Morgan fingerprint density at radius 1 is 1.17 bits per heavy atom. The molecule has 0 fully saturated rings. The van der Waals surface area contributed by atoms with Crippen molar-refractivity contribution in [3.05, 3.63) is 59.7 Å². The van der Waals surface area contributed by atoms with Crippen molar-refractivity contribution < 1.29 is 33.3 Å². The van der Waals surface area contributed by atoms with E-state index in [0.29, 0.717) is 6.04 Å². The number of amidine groups is 1. The van der Waals surface area contributed by atoms with Crippen molar-refractivity contribution in [2.24, 2.45) is 0 Å². The first-order valence-corrected chi connectivity index (χ1v) is 8.98. The SMILES string of the molecule is CSC(Nc1ccc(C(C)=O)cc1)=[N+]1c2ccccc2CC1C.[I-]. The molecule has 0 saturated heterocycles. The Kier molecular flexibility index (Phi) is 6.46. The lowest BCUT2D eigenvalue weighted by atomic mass is 10.1. The van der Waals surface area contributed by atoms with Gasteiger partial charge in [-0.05, 0) is 62.2 Å². The predicted molar refractivity (Wildman–Crippen MR) is 98.1 cm³/mol. The zero-order valence-electron chi connectivity index (χ0n) is 14.0. The molecule has 1 unspecified atom stereocenters. The van der Waals surface area contributed by atoms with E-state index in [2.05, 4.69) is 47.3 Å². The lowest BCUT2D eigenvalue weighted by molar-refractivity contribution is -0.466. The van der Waals surface area contributed by atoms with E-state index in [-0.39, 0.29) is 29.8 Å². The number of thioether (sulfide) groups is 1. The summed E-state index contributed by atoms with van der Waals surface area (Å²) in [4.78, 5) is 11.4. The fourth-order valence-electron chi connectivity index (χ4n) is 3.00. The summed E-state index contributed by atoms with van der Waals surface area (Å²) in [6.45, 7) is 3.83. The summed E-state index contributed by atoms with van der Waals surface area (Å²) >= 11 is 1.70. The van der Waals surface area contributed by atoms with Crippen LogP contribution in [-0.4, -0.2) is 27.8 Å². The van der Waals surface area contributed by atoms with Crippen LogP contribution in [0.2, 0.25) is 0 Å². The molecule has 0 saturated carbocycles. The Bertz CT molecular complexity index is 771. The van der Waals surface area contributed by atoms with Crippen LogP contribution < -0.4 is 29.3 Å². The second-order valence-corrected chi connectivity index (χ2v) is 6.61. The van der Waals surface area contributed by atoms with Crippen molar-refractivity contribution in [3.8, 4) is 0 Å². The van der Waals surface area contributed by atoms with E-state index in [1.165, 1.54) is 11.3 Å². The fraction of sp³-hybridized carbons (Fsp3) is 0.263. The van der Waals surface area contributed by atoms with Crippen LogP contribution in [0.1, 0.15) is 29.8 Å². The van der Waals surface area contributed by atoms with Crippen LogP contribution in [0.3, 0.4) is 0 Å². The molecule has 126 valence electrons. The zero-order valence-corrected chi connectivity index (χ0v) is 17.0. The third-order valence-corrected chi connectivity index (χ3v) is 4.85. The smallest absolute Gasteiger partial charge is 0.316 e. The molecule has 3 rings (SSSR count). The Labute approximate surface area is 164 Å². The molecule has 1 atom stereocenters. The second-order valence-electron chi connectivity index (χ2n) is 5.82. The van der Waals surface area contributed by atoms with Crippen LogP contribution >= 0.6 is 11.8 Å². The number of Topliss-reactive ketones (excluding diaryl/α,β-unsaturated/α-hetero) is 1. The highest BCUT2D eigenvalue weighted by molar-refractivity contribution is 8.13. The molecule has 5 heteroatoms. The molecule has 0 radical (unpaired) electrons. The molecule has 24 heavy (non-hydrogen) atoms. The monoisotopic (exact) mass is 452 g/mol. The molecule has 2 aromatic carbocycles. The maximum atomic E-state index is 11.4. The predicted octanol–water partition coefficient (Wildman–Crippen LogP) is 1.31. The summed E-state index contributed by atoms with van der Waals surface area (Å²) in [5.74, 6) is 0.0905. The van der Waals surface area contributed by atoms with E-state index in [0.717, 1.165) is 22.8 Å². The summed E-state index contributed by atoms with van der Waals surface area (Å²) in [6, 6.07) is 16.6. The zero-order chi connectivity index (χ0) is 16.4. The van der Waals surface area contributed by atoms with Gasteiger partial charge in [0.2, 0.25) is 0 Å². The van der Waals surface area contributed by atoms with E-state index in [1.807, 2.05) is 24.3 Å². The minimum absolute atomic E-state index is 0. The van der Waals surface area contributed by atoms with Crippen molar-refractivity contribution in [2.45, 2.75) is 26.3 Å². The summed E-state index contributed by atoms with van der Waals surface area (Å²) in [5.41, 5.74) is 4.40. The Morgan fingerprint density at radius 2 is 1.83 bits per heavy atom. The normalized spacial score (nSPS) is 17.7. The first-order valence-electron chi connectivity index (χ1n) is 7.76. The van der Waals surface area contributed by atoms with E-state index in [4.69, 9.17) is 0 Å². The van der Waals surface area contributed by atoms with Gasteiger partial charge in [0.15, 0.2) is 5.78 Å². The number of fused-ring (bicyclic) bond motifs is 1. The van der Waals surface area contributed by atoms with Gasteiger partial charge >= 0.3 is 5.17 Å². The largest absolute Gasteiger partial charge is 1.00 e. The standard InChI is InChI=1S/C19H20N2OS.HI/c1-13-12-16-6-4-5-7-18(16)21(13)19(23-3)20-17-10-8-15(9-11-17)14(2)22;/h4-11,13H,12H2,1-3H3;1H. The number of nitrogens with zero attached hydrogens (tertiary/aromatic N) is 1. The number of anilines is 1. The molecule has 0 amide bonds. The number of nitrogens with one attached hydrogen (secondary N) is 1. The van der Waals surface area contributed by atoms with Gasteiger partial charge < -0.3 is 24.0 Å². The van der Waals surface area contributed by atoms with Gasteiger partial charge in [-0.2, -0.15) is 0 Å². The number of benzene rings is 2. The van der Waals surface area contributed by atoms with Crippen molar-refractivity contribution in [3.63, 3.8) is 0 Å². The van der Waals surface area contributed by atoms with Gasteiger partial charge in [-0.25, -0.2) is 9.89 Å². The molecule has 1 aliphatic rings. The molecule has 1 N–H and O–H groups in total. The average molecular weight is 452 g/mol. The van der Waals surface area contributed by atoms with Crippen molar-refractivity contribution >= 4 is 34.1 Å². The molecule has 0 bridgehead atoms. The highest BCUT2D eigenvalue weighted by Gasteiger charge is 2.30. The number of rotatable bonds is 2. The van der Waals surface area contributed by atoms with E-state index in [9.17, 15) is 4.79 Å². The topological polar surface area (TPSA) is 32.1 Å². The average Bonchev–Trinajstić information content (AvgIpc) is 2.89. The number of carbonyl (C=O) groups excluding carboxylic acids is 1. The highest BCUT2D eigenvalue weighted by atomic mass is 127. The van der Waals surface area contributed by atoms with E-state index in [1.54, 1.807) is 18.7 Å². The third-order valence-electron chi connectivity index (χ3n) is 4.16. The summed E-state index contributed by atoms with van der Waals surface area (Å²) < 4.78 is 2.36. The number of hydrogen-bond donors (Lipinski definition) is 1. The Balaban J connectivity index is 0.00000208. The maximum Gasteiger partial charge on any atom is 0.316 e. The van der Waals surface area contributed by atoms with Crippen LogP contribution in [0, 0.1) is 0 Å². The third kappa shape index (κ3) is 3.83. The first-order chi connectivity index (χ1) is 11.1. The molecule has 2 aromatic rings. The Hall–Kier alpha value is -1.34. The van der Waals surface area contributed by atoms with Gasteiger partial charge in [0.05, 0.1) is 0 Å². The first kappa shape index (κ1) is 19.0. The van der Waals surface area contributed by atoms with Gasteiger partial charge in [-0.1, -0.05) is 18.2 Å². The number of ketones is 1. The van der Waals surface area contributed by atoms with Crippen molar-refractivity contribution in [2.75, 3.05) is 11.6 Å². The van der Waals surface area contributed by atoms with Crippen LogP contribution in [0.25, 0.3) is 0 Å². The van der Waals surface area contributed by atoms with Gasteiger partial charge in [0.1, 0.15) is 17.4 Å². The van der Waals surface area contributed by atoms with Crippen LogP contribution in [0.5, 0.6) is 0 Å². The quantitative estimate of drug-likeness (QED) is 0.323. The summed E-state index contributed by atoms with van der Waals surface area (Å²) in [7, 11) is 0. The fourth-order valence-corrected chi connectivity index (χ4v) is 3.69. The van der Waals surface area contributed by atoms with Crippen LogP contribution in [-0.2, 0) is 6.42 Å². The van der Waals surface area contributed by atoms with E-state index >= 15 is 0 Å². The van der Waals surface area contributed by atoms with Gasteiger partial charge in [-0.3, -0.25) is 4.79 Å². The number of halogens is 1. The molecule has 0 spiro atoms. The summed E-state index contributed by atoms with van der Waals surface area (Å²) in [5, 5.41) is 4.61. The van der Waals surface area contributed by atoms with Gasteiger partial charge in [-0.15, -0.1) is 0 Å². The maximum absolute atomic E-state index is 11.4. The highest BCUT2D eigenvalue weighted by Crippen LogP contribution is 2.31. The van der Waals surface area contributed by atoms with E-state index < -0.39 is 0 Å². The number of hydrogen-bond acceptors (Lipinski definition) is 2. The van der Waals surface area contributed by atoms with Crippen molar-refractivity contribution in [1.82, 2.24) is 0 Å².